The Hall–Kier alpha value is -1.00. The maximum atomic E-state index is 12.1. The van der Waals surface area contributed by atoms with Crippen LogP contribution in [0.5, 0.6) is 0 Å². The van der Waals surface area contributed by atoms with Gasteiger partial charge in [0, 0.05) is 24.0 Å². The first-order chi connectivity index (χ1) is 8.79. The van der Waals surface area contributed by atoms with Crippen molar-refractivity contribution in [3.05, 3.63) is 30.3 Å². The number of rotatable bonds is 4. The van der Waals surface area contributed by atoms with Crippen molar-refractivity contribution in [3.63, 3.8) is 0 Å². The molecule has 18 heavy (non-hydrogen) atoms. The monoisotopic (exact) mass is 264 g/mol. The second kappa shape index (κ2) is 6.81. The summed E-state index contributed by atoms with van der Waals surface area (Å²) >= 11 is 1.62. The van der Waals surface area contributed by atoms with Crippen LogP contribution in [-0.2, 0) is 4.79 Å². The van der Waals surface area contributed by atoms with E-state index in [9.17, 15) is 4.79 Å². The third-order valence-electron chi connectivity index (χ3n) is 3.36. The molecule has 1 saturated heterocycles. The molecule has 4 heteroatoms. The van der Waals surface area contributed by atoms with E-state index in [1.165, 1.54) is 0 Å². The molecule has 1 fully saturated rings. The first kappa shape index (κ1) is 13.4. The molecule has 0 spiro atoms. The van der Waals surface area contributed by atoms with Gasteiger partial charge in [-0.25, -0.2) is 0 Å². The molecule has 0 saturated carbocycles. The van der Waals surface area contributed by atoms with Gasteiger partial charge in [-0.15, -0.1) is 11.8 Å². The highest BCUT2D eigenvalue weighted by molar-refractivity contribution is 8.00. The van der Waals surface area contributed by atoms with E-state index in [0.29, 0.717) is 11.8 Å². The number of hydrogen-bond acceptors (Lipinski definition) is 3. The van der Waals surface area contributed by atoms with Crippen LogP contribution in [0.4, 0.5) is 0 Å². The molecule has 3 nitrogen and oxygen atoms in total. The average Bonchev–Trinajstić information content (AvgIpc) is 2.46. The van der Waals surface area contributed by atoms with Gasteiger partial charge in [-0.2, -0.15) is 0 Å². The van der Waals surface area contributed by atoms with Crippen LogP contribution in [0.1, 0.15) is 12.8 Å². The number of nitrogens with zero attached hydrogens (tertiary/aromatic N) is 1. The predicted molar refractivity (Wildman–Crippen MR) is 75.8 cm³/mol. The lowest BCUT2D eigenvalue weighted by molar-refractivity contribution is -0.129. The number of carbonyl (C=O) groups excluding carboxylic acids is 1. The molecule has 1 aromatic rings. The Morgan fingerprint density at radius 3 is 2.61 bits per heavy atom. The van der Waals surface area contributed by atoms with E-state index < -0.39 is 0 Å². The predicted octanol–water partition coefficient (Wildman–Crippen LogP) is 1.99. The van der Waals surface area contributed by atoms with E-state index in [0.717, 1.165) is 30.8 Å². The Bertz CT molecular complexity index is 375. The van der Waals surface area contributed by atoms with E-state index in [1.54, 1.807) is 11.8 Å². The molecule has 0 aromatic heterocycles. The largest absolute Gasteiger partial charge is 0.342 e. The van der Waals surface area contributed by atoms with Crippen molar-refractivity contribution in [2.24, 2.45) is 0 Å². The molecule has 1 aliphatic heterocycles. The van der Waals surface area contributed by atoms with Crippen LogP contribution >= 0.6 is 11.8 Å². The Morgan fingerprint density at radius 2 is 2.00 bits per heavy atom. The summed E-state index contributed by atoms with van der Waals surface area (Å²) in [6.45, 7) is 1.78. The van der Waals surface area contributed by atoms with Crippen LogP contribution in [0.3, 0.4) is 0 Å². The van der Waals surface area contributed by atoms with Gasteiger partial charge in [0.25, 0.3) is 0 Å². The molecular formula is C14H20N2OS. The summed E-state index contributed by atoms with van der Waals surface area (Å²) in [5, 5.41) is 3.28. The molecule has 0 bridgehead atoms. The number of amides is 1. The van der Waals surface area contributed by atoms with Crippen molar-refractivity contribution >= 4 is 17.7 Å². The third kappa shape index (κ3) is 3.75. The first-order valence-electron chi connectivity index (χ1n) is 6.42. The minimum Gasteiger partial charge on any atom is -0.342 e. The van der Waals surface area contributed by atoms with Gasteiger partial charge < -0.3 is 10.2 Å². The number of carbonyl (C=O) groups is 1. The van der Waals surface area contributed by atoms with Gasteiger partial charge in [-0.3, -0.25) is 4.79 Å². The lowest BCUT2D eigenvalue weighted by atomic mass is 10.1. The van der Waals surface area contributed by atoms with Gasteiger partial charge >= 0.3 is 0 Å². The first-order valence-corrected chi connectivity index (χ1v) is 7.41. The number of benzene rings is 1. The summed E-state index contributed by atoms with van der Waals surface area (Å²) in [5.74, 6) is 0.812. The van der Waals surface area contributed by atoms with Gasteiger partial charge in [0.2, 0.25) is 5.91 Å². The molecular weight excluding hydrogens is 244 g/mol. The summed E-state index contributed by atoms with van der Waals surface area (Å²) in [6, 6.07) is 10.7. The van der Waals surface area contributed by atoms with Gasteiger partial charge in [-0.1, -0.05) is 18.2 Å². The molecule has 1 amide bonds. The van der Waals surface area contributed by atoms with Crippen LogP contribution in [-0.4, -0.2) is 42.7 Å². The average molecular weight is 264 g/mol. The van der Waals surface area contributed by atoms with Gasteiger partial charge in [0.15, 0.2) is 0 Å². The molecule has 0 unspecified atom stereocenters. The zero-order valence-electron chi connectivity index (χ0n) is 10.8. The second-order valence-electron chi connectivity index (χ2n) is 4.55. The van der Waals surface area contributed by atoms with Gasteiger partial charge in [0.05, 0.1) is 5.75 Å². The van der Waals surface area contributed by atoms with Crippen molar-refractivity contribution in [1.29, 1.82) is 0 Å². The normalized spacial score (nSPS) is 16.8. The quantitative estimate of drug-likeness (QED) is 0.844. The topological polar surface area (TPSA) is 32.3 Å². The summed E-state index contributed by atoms with van der Waals surface area (Å²) in [4.78, 5) is 15.2. The van der Waals surface area contributed by atoms with Crippen LogP contribution in [0.2, 0.25) is 0 Å². The maximum Gasteiger partial charge on any atom is 0.232 e. The smallest absolute Gasteiger partial charge is 0.232 e. The fourth-order valence-electron chi connectivity index (χ4n) is 2.17. The summed E-state index contributed by atoms with van der Waals surface area (Å²) < 4.78 is 0. The van der Waals surface area contributed by atoms with Crippen LogP contribution in [0.25, 0.3) is 0 Å². The van der Waals surface area contributed by atoms with E-state index in [4.69, 9.17) is 0 Å². The maximum absolute atomic E-state index is 12.1. The van der Waals surface area contributed by atoms with Crippen molar-refractivity contribution in [2.45, 2.75) is 23.8 Å². The number of hydrogen-bond donors (Lipinski definition) is 1. The van der Waals surface area contributed by atoms with Crippen LogP contribution < -0.4 is 5.32 Å². The fraction of sp³-hybridized carbons (Fsp3) is 0.500. The Morgan fingerprint density at radius 1 is 1.33 bits per heavy atom. The van der Waals surface area contributed by atoms with E-state index in [-0.39, 0.29) is 5.91 Å². The molecule has 1 aromatic carbocycles. The van der Waals surface area contributed by atoms with E-state index in [1.807, 2.05) is 42.3 Å². The van der Waals surface area contributed by atoms with Crippen molar-refractivity contribution in [2.75, 3.05) is 25.9 Å². The lowest BCUT2D eigenvalue weighted by Gasteiger charge is -2.31. The van der Waals surface area contributed by atoms with Crippen LogP contribution in [0.15, 0.2) is 35.2 Å². The molecule has 98 valence electrons. The van der Waals surface area contributed by atoms with Gasteiger partial charge in [0.1, 0.15) is 0 Å². The highest BCUT2D eigenvalue weighted by Gasteiger charge is 2.21. The SMILES string of the molecule is CNC1CCN(C(=O)CSc2ccccc2)CC1. The molecule has 1 N–H and O–H groups in total. The summed E-state index contributed by atoms with van der Waals surface area (Å²) in [5.41, 5.74) is 0. The molecule has 0 radical (unpaired) electrons. The molecule has 1 aliphatic rings. The second-order valence-corrected chi connectivity index (χ2v) is 5.59. The van der Waals surface area contributed by atoms with Crippen molar-refractivity contribution in [3.8, 4) is 0 Å². The number of piperidine rings is 1. The number of nitrogens with one attached hydrogen (secondary N) is 1. The molecule has 0 aliphatic carbocycles. The minimum absolute atomic E-state index is 0.262. The van der Waals surface area contributed by atoms with E-state index >= 15 is 0 Å². The Balaban J connectivity index is 1.75. The third-order valence-corrected chi connectivity index (χ3v) is 4.36. The van der Waals surface area contributed by atoms with Gasteiger partial charge in [-0.05, 0) is 32.0 Å². The minimum atomic E-state index is 0.262. The zero-order chi connectivity index (χ0) is 12.8. The fourth-order valence-corrected chi connectivity index (χ4v) is 2.99. The summed E-state index contributed by atoms with van der Waals surface area (Å²) in [7, 11) is 1.99. The van der Waals surface area contributed by atoms with Crippen molar-refractivity contribution in [1.82, 2.24) is 10.2 Å². The zero-order valence-corrected chi connectivity index (χ0v) is 11.6. The molecule has 0 atom stereocenters. The highest BCUT2D eigenvalue weighted by Crippen LogP contribution is 2.18. The lowest BCUT2D eigenvalue weighted by Crippen LogP contribution is -2.44. The molecule has 2 rings (SSSR count). The highest BCUT2D eigenvalue weighted by atomic mass is 32.2. The van der Waals surface area contributed by atoms with Crippen LogP contribution in [0, 0.1) is 0 Å². The standard InChI is InChI=1S/C14H20N2OS/c1-15-12-7-9-16(10-8-12)14(17)11-18-13-5-3-2-4-6-13/h2-6,12,15H,7-11H2,1H3. The molecule has 1 heterocycles. The number of likely N-dealkylation sites (tertiary alicyclic amines) is 1. The Kier molecular flexibility index (Phi) is 5.08. The summed E-state index contributed by atoms with van der Waals surface area (Å²) in [6.07, 6.45) is 2.14. The van der Waals surface area contributed by atoms with E-state index in [2.05, 4.69) is 5.32 Å². The van der Waals surface area contributed by atoms with Crippen molar-refractivity contribution < 1.29 is 4.79 Å². The Labute approximate surface area is 113 Å². The number of thioether (sulfide) groups is 1.